The summed E-state index contributed by atoms with van der Waals surface area (Å²) < 4.78 is 11.0. The molecule has 11 nitrogen and oxygen atoms in total. The molecule has 0 aliphatic carbocycles. The second-order valence-corrected chi connectivity index (χ2v) is 9.45. The minimum Gasteiger partial charge on any atom is -0.467 e. The largest absolute Gasteiger partial charge is 0.467 e. The molecule has 0 saturated carbocycles. The van der Waals surface area contributed by atoms with E-state index in [1.165, 1.54) is 30.2 Å². The Morgan fingerprint density at radius 3 is 2.38 bits per heavy atom. The van der Waals surface area contributed by atoms with Gasteiger partial charge in [0.05, 0.1) is 25.3 Å². The fourth-order valence-electron chi connectivity index (χ4n) is 3.63. The molecular weight excluding hydrogens is 498 g/mol. The highest BCUT2D eigenvalue weighted by atomic mass is 32.1. The Balaban J connectivity index is 1.75. The predicted molar refractivity (Wildman–Crippen MR) is 136 cm³/mol. The lowest BCUT2D eigenvalue weighted by Gasteiger charge is -2.19. The van der Waals surface area contributed by atoms with Gasteiger partial charge in [0.25, 0.3) is 5.91 Å². The molecule has 0 aliphatic heterocycles. The molecule has 0 spiro atoms. The van der Waals surface area contributed by atoms with Gasteiger partial charge in [-0.05, 0) is 22.9 Å². The lowest BCUT2D eigenvalue weighted by Crippen LogP contribution is -2.46. The van der Waals surface area contributed by atoms with Crippen LogP contribution in [0, 0.1) is 5.92 Å². The first-order valence-electron chi connectivity index (χ1n) is 11.5. The number of aromatic nitrogens is 3. The summed E-state index contributed by atoms with van der Waals surface area (Å²) in [6.07, 6.45) is 1.75. The molecule has 12 heteroatoms. The van der Waals surface area contributed by atoms with Crippen molar-refractivity contribution in [3.05, 3.63) is 58.4 Å². The van der Waals surface area contributed by atoms with Crippen LogP contribution in [0.25, 0.3) is 11.3 Å². The maximum absolute atomic E-state index is 12.6. The van der Waals surface area contributed by atoms with Crippen molar-refractivity contribution in [3.63, 3.8) is 0 Å². The number of ether oxygens (including phenoxy) is 2. The Morgan fingerprint density at radius 1 is 1.00 bits per heavy atom. The molecule has 37 heavy (non-hydrogen) atoms. The topological polar surface area (TPSA) is 142 Å². The number of carbonyl (C=O) groups is 4. The van der Waals surface area contributed by atoms with E-state index in [4.69, 9.17) is 9.47 Å². The average Bonchev–Trinajstić information content (AvgIpc) is 3.59. The molecule has 0 saturated heterocycles. The van der Waals surface area contributed by atoms with E-state index in [9.17, 15) is 19.2 Å². The Labute approximate surface area is 218 Å². The minimum absolute atomic E-state index is 0.155. The van der Waals surface area contributed by atoms with Crippen LogP contribution < -0.4 is 10.6 Å². The number of methoxy groups -OCH3 is 2. The molecule has 1 aromatic carbocycles. The number of amides is 2. The summed E-state index contributed by atoms with van der Waals surface area (Å²) in [6, 6.07) is 8.98. The molecule has 0 aliphatic rings. The third kappa shape index (κ3) is 7.23. The average molecular weight is 528 g/mol. The molecule has 2 aromatic heterocycles. The highest BCUT2D eigenvalue weighted by Crippen LogP contribution is 2.23. The zero-order valence-corrected chi connectivity index (χ0v) is 21.8. The standard InChI is InChI=1S/C25H29N5O6S/c1-15(2)22(25(34)36-4)27-21(31)14-30-13-19(28-29-30)17-9-6-5-8-16(17)12-18(24(33)35-3)26-23(32)20-10-7-11-37-20/h5-11,13,15,18,22H,12,14H2,1-4H3,(H,26,32)(H,27,31)/t18-,22-/m0/s1. The molecule has 0 radical (unpaired) electrons. The minimum atomic E-state index is -0.923. The Morgan fingerprint density at radius 2 is 1.73 bits per heavy atom. The number of hydrogen-bond donors (Lipinski definition) is 2. The molecule has 0 unspecified atom stereocenters. The molecule has 3 aromatic rings. The third-order valence-corrected chi connectivity index (χ3v) is 6.40. The number of nitrogens with zero attached hydrogens (tertiary/aromatic N) is 3. The molecule has 0 fully saturated rings. The molecule has 196 valence electrons. The first kappa shape index (κ1) is 27.5. The predicted octanol–water partition coefficient (Wildman–Crippen LogP) is 1.83. The second kappa shape index (κ2) is 12.8. The van der Waals surface area contributed by atoms with Gasteiger partial charge in [-0.2, -0.15) is 0 Å². The van der Waals surface area contributed by atoms with Crippen LogP contribution in [-0.4, -0.2) is 65.1 Å². The number of rotatable bonds is 11. The van der Waals surface area contributed by atoms with Gasteiger partial charge in [-0.25, -0.2) is 14.3 Å². The quantitative estimate of drug-likeness (QED) is 0.360. The number of carbonyl (C=O) groups excluding carboxylic acids is 4. The molecule has 3 rings (SSSR count). The van der Waals surface area contributed by atoms with Crippen molar-refractivity contribution in [3.8, 4) is 11.3 Å². The van der Waals surface area contributed by atoms with Crippen molar-refractivity contribution < 1.29 is 28.7 Å². The van der Waals surface area contributed by atoms with E-state index in [2.05, 4.69) is 20.9 Å². The van der Waals surface area contributed by atoms with Crippen LogP contribution >= 0.6 is 11.3 Å². The smallest absolute Gasteiger partial charge is 0.328 e. The van der Waals surface area contributed by atoms with E-state index in [0.717, 1.165) is 5.56 Å². The zero-order chi connectivity index (χ0) is 26.9. The van der Waals surface area contributed by atoms with Gasteiger partial charge in [0.15, 0.2) is 0 Å². The van der Waals surface area contributed by atoms with E-state index < -0.39 is 29.9 Å². The van der Waals surface area contributed by atoms with Crippen LogP contribution in [0.5, 0.6) is 0 Å². The van der Waals surface area contributed by atoms with Gasteiger partial charge in [-0.3, -0.25) is 9.59 Å². The molecule has 2 amide bonds. The highest BCUT2D eigenvalue weighted by Gasteiger charge is 2.26. The van der Waals surface area contributed by atoms with Gasteiger partial charge in [-0.15, -0.1) is 16.4 Å². The number of benzene rings is 1. The number of esters is 2. The van der Waals surface area contributed by atoms with Gasteiger partial charge in [0.1, 0.15) is 24.3 Å². The summed E-state index contributed by atoms with van der Waals surface area (Å²) >= 11 is 1.27. The normalized spacial score (nSPS) is 12.5. The Hall–Kier alpha value is -4.06. The van der Waals surface area contributed by atoms with Crippen LogP contribution in [0.3, 0.4) is 0 Å². The third-order valence-electron chi connectivity index (χ3n) is 5.54. The van der Waals surface area contributed by atoms with Gasteiger partial charge in [0.2, 0.25) is 5.91 Å². The van der Waals surface area contributed by atoms with Crippen LogP contribution in [0.4, 0.5) is 0 Å². The molecule has 2 heterocycles. The van der Waals surface area contributed by atoms with Crippen molar-refractivity contribution in [2.75, 3.05) is 14.2 Å². The summed E-state index contributed by atoms with van der Waals surface area (Å²) in [5.74, 6) is -2.05. The van der Waals surface area contributed by atoms with Gasteiger partial charge >= 0.3 is 11.9 Å². The maximum Gasteiger partial charge on any atom is 0.328 e. The van der Waals surface area contributed by atoms with Crippen molar-refractivity contribution in [2.24, 2.45) is 5.92 Å². The summed E-state index contributed by atoms with van der Waals surface area (Å²) in [5, 5.41) is 15.4. The van der Waals surface area contributed by atoms with Crippen LogP contribution in [-0.2, 0) is 36.8 Å². The van der Waals surface area contributed by atoms with Crippen LogP contribution in [0.15, 0.2) is 48.0 Å². The van der Waals surface area contributed by atoms with E-state index in [0.29, 0.717) is 16.1 Å². The fraction of sp³-hybridized carbons (Fsp3) is 0.360. The van der Waals surface area contributed by atoms with Crippen molar-refractivity contribution >= 4 is 35.1 Å². The van der Waals surface area contributed by atoms with Gasteiger partial charge in [-0.1, -0.05) is 49.4 Å². The Kier molecular flexibility index (Phi) is 9.50. The Bertz CT molecular complexity index is 1240. The summed E-state index contributed by atoms with van der Waals surface area (Å²) in [4.78, 5) is 50.0. The molecule has 2 N–H and O–H groups in total. The lowest BCUT2D eigenvalue weighted by molar-refractivity contribution is -0.146. The number of hydrogen-bond acceptors (Lipinski definition) is 9. The van der Waals surface area contributed by atoms with Gasteiger partial charge in [0, 0.05) is 12.0 Å². The zero-order valence-electron chi connectivity index (χ0n) is 21.0. The van der Waals surface area contributed by atoms with Crippen molar-refractivity contribution in [1.29, 1.82) is 0 Å². The summed E-state index contributed by atoms with van der Waals surface area (Å²) in [7, 11) is 2.53. The van der Waals surface area contributed by atoms with E-state index >= 15 is 0 Å². The molecule has 2 atom stereocenters. The molecule has 0 bridgehead atoms. The van der Waals surface area contributed by atoms with E-state index in [1.807, 2.05) is 24.3 Å². The monoisotopic (exact) mass is 527 g/mol. The fourth-order valence-corrected chi connectivity index (χ4v) is 4.26. The van der Waals surface area contributed by atoms with Crippen molar-refractivity contribution in [2.45, 2.75) is 38.9 Å². The summed E-state index contributed by atoms with van der Waals surface area (Å²) in [5.41, 5.74) is 1.89. The van der Waals surface area contributed by atoms with E-state index in [1.54, 1.807) is 37.6 Å². The van der Waals surface area contributed by atoms with Crippen molar-refractivity contribution in [1.82, 2.24) is 25.6 Å². The summed E-state index contributed by atoms with van der Waals surface area (Å²) in [6.45, 7) is 3.45. The SMILES string of the molecule is COC(=O)[C@H](Cc1ccccc1-c1cn(CC(=O)N[C@H](C(=O)OC)C(C)C)nn1)NC(=O)c1cccs1. The first-order chi connectivity index (χ1) is 17.7. The lowest BCUT2D eigenvalue weighted by atomic mass is 9.98. The van der Waals surface area contributed by atoms with E-state index in [-0.39, 0.29) is 24.8 Å². The van der Waals surface area contributed by atoms with Gasteiger partial charge < -0.3 is 20.1 Å². The highest BCUT2D eigenvalue weighted by molar-refractivity contribution is 7.12. The first-order valence-corrected chi connectivity index (χ1v) is 12.4. The number of nitrogens with one attached hydrogen (secondary N) is 2. The van der Waals surface area contributed by atoms with Crippen LogP contribution in [0.2, 0.25) is 0 Å². The second-order valence-electron chi connectivity index (χ2n) is 8.50. The maximum atomic E-state index is 12.6. The number of thiophene rings is 1. The van der Waals surface area contributed by atoms with Crippen LogP contribution in [0.1, 0.15) is 29.1 Å². The molecular formula is C25H29N5O6S.